The molecular formula is C26H41NO6PS+. The van der Waals surface area contributed by atoms with Gasteiger partial charge in [0.05, 0.1) is 0 Å². The Bertz CT molecular complexity index is 834. The zero-order valence-electron chi connectivity index (χ0n) is 20.7. The van der Waals surface area contributed by atoms with E-state index in [2.05, 4.69) is 12.1 Å². The normalized spacial score (nSPS) is 23.3. The lowest BCUT2D eigenvalue weighted by Gasteiger charge is -2.31. The fourth-order valence-corrected chi connectivity index (χ4v) is 8.03. The van der Waals surface area contributed by atoms with Gasteiger partial charge in [-0.2, -0.15) is 0 Å². The monoisotopic (exact) mass is 526 g/mol. The highest BCUT2D eigenvalue weighted by atomic mass is 32.2. The average molecular weight is 527 g/mol. The molecule has 7 nitrogen and oxygen atoms in total. The molecule has 1 aromatic rings. The predicted molar refractivity (Wildman–Crippen MR) is 141 cm³/mol. The first-order valence-corrected chi connectivity index (χ1v) is 15.5. The van der Waals surface area contributed by atoms with Crippen molar-refractivity contribution in [3.63, 3.8) is 0 Å². The molecular weight excluding hydrogens is 485 g/mol. The Balaban J connectivity index is 1.55. The molecule has 35 heavy (non-hydrogen) atoms. The Morgan fingerprint density at radius 1 is 1.06 bits per heavy atom. The van der Waals surface area contributed by atoms with Gasteiger partial charge in [-0.3, -0.25) is 4.79 Å². The van der Waals surface area contributed by atoms with E-state index in [1.807, 2.05) is 18.2 Å². The summed E-state index contributed by atoms with van der Waals surface area (Å²) in [5.41, 5.74) is 1.26. The molecule has 1 saturated heterocycles. The van der Waals surface area contributed by atoms with Crippen molar-refractivity contribution >= 4 is 31.6 Å². The van der Waals surface area contributed by atoms with Gasteiger partial charge in [0.2, 0.25) is 0 Å². The number of hydrogen-bond acceptors (Lipinski definition) is 6. The number of carboxylic acid groups (broad SMARTS) is 1. The summed E-state index contributed by atoms with van der Waals surface area (Å²) in [7, 11) is -3.86. The van der Waals surface area contributed by atoms with Crippen molar-refractivity contribution in [2.45, 2.75) is 88.1 Å². The van der Waals surface area contributed by atoms with Crippen molar-refractivity contribution in [3.8, 4) is 0 Å². The van der Waals surface area contributed by atoms with E-state index >= 15 is 0 Å². The van der Waals surface area contributed by atoms with Gasteiger partial charge in [-0.05, 0) is 50.0 Å². The Morgan fingerprint density at radius 3 is 2.37 bits per heavy atom. The third-order valence-corrected chi connectivity index (χ3v) is 12.2. The summed E-state index contributed by atoms with van der Waals surface area (Å²) >= 11 is 0.411. The number of likely N-dealkylation sites (tertiary alicyclic amines) is 1. The summed E-state index contributed by atoms with van der Waals surface area (Å²) in [6.45, 7) is 1.96. The zero-order valence-corrected chi connectivity index (χ0v) is 22.4. The van der Waals surface area contributed by atoms with E-state index in [-0.39, 0.29) is 5.92 Å². The Morgan fingerprint density at radius 2 is 1.74 bits per heavy atom. The van der Waals surface area contributed by atoms with E-state index in [1.54, 1.807) is 6.92 Å². The molecule has 1 amide bonds. The molecule has 1 heterocycles. The van der Waals surface area contributed by atoms with Crippen LogP contribution in [-0.2, 0) is 16.0 Å². The number of unbranched alkanes of at least 4 members (excludes halogenated alkanes) is 2. The zero-order chi connectivity index (χ0) is 25.5. The highest BCUT2D eigenvalue weighted by Crippen LogP contribution is 2.68. The van der Waals surface area contributed by atoms with Crippen LogP contribution in [0.15, 0.2) is 30.3 Å². The van der Waals surface area contributed by atoms with Gasteiger partial charge in [-0.15, -0.1) is 0 Å². The summed E-state index contributed by atoms with van der Waals surface area (Å²) < 4.78 is 8.74. The molecule has 0 spiro atoms. The molecule has 3 unspecified atom stereocenters. The van der Waals surface area contributed by atoms with E-state index in [9.17, 15) is 29.0 Å². The van der Waals surface area contributed by atoms with Crippen LogP contribution in [0.3, 0.4) is 0 Å². The molecule has 1 saturated carbocycles. The van der Waals surface area contributed by atoms with Gasteiger partial charge >= 0.3 is 5.97 Å². The maximum Gasteiger partial charge on any atom is 0.326 e. The summed E-state index contributed by atoms with van der Waals surface area (Å²) in [6.07, 6.45) is 9.36. The number of carbonyl (C=O) groups is 2. The standard InChI is InChI=1S/C26H40NO6PS/c1-26(35-33,16-10-4-7-13-20-11-5-2-6-12-20)34(31,32)19-24(28)27-18-22(17-23(27)25(29)30)21-14-8-3-9-15-21/h2,5-6,11-12,21-23,31-32H,3-4,7-10,13-19H2,1H3,(H-,29,30,33)/p+1. The van der Waals surface area contributed by atoms with Crippen LogP contribution < -0.4 is 0 Å². The first kappa shape index (κ1) is 28.4. The quantitative estimate of drug-likeness (QED) is 0.163. The van der Waals surface area contributed by atoms with Gasteiger partial charge in [0, 0.05) is 25.0 Å². The molecule has 9 heteroatoms. The van der Waals surface area contributed by atoms with Gasteiger partial charge in [0.1, 0.15) is 6.04 Å². The Kier molecular flexibility index (Phi) is 10.4. The molecule has 3 atom stereocenters. The van der Waals surface area contributed by atoms with Crippen molar-refractivity contribution in [2.24, 2.45) is 11.8 Å². The Hall–Kier alpha value is -1.18. The van der Waals surface area contributed by atoms with Crippen LogP contribution in [-0.4, -0.2) is 59.5 Å². The van der Waals surface area contributed by atoms with E-state index in [0.717, 1.165) is 44.9 Å². The highest BCUT2D eigenvalue weighted by Gasteiger charge is 2.58. The van der Waals surface area contributed by atoms with Crippen molar-refractivity contribution in [3.05, 3.63) is 35.9 Å². The lowest BCUT2D eigenvalue weighted by molar-refractivity contribution is -0.147. The summed E-state index contributed by atoms with van der Waals surface area (Å²) in [5.74, 6) is -0.985. The number of carbonyl (C=O) groups excluding carboxylic acids is 1. The molecule has 0 bridgehead atoms. The molecule has 4 N–H and O–H groups in total. The predicted octanol–water partition coefficient (Wildman–Crippen LogP) is 5.43. The fraction of sp³-hybridized carbons (Fsp3) is 0.692. The first-order chi connectivity index (χ1) is 16.7. The highest BCUT2D eigenvalue weighted by molar-refractivity contribution is 8.03. The minimum atomic E-state index is -3.86. The molecule has 1 aromatic carbocycles. The molecule has 0 radical (unpaired) electrons. The van der Waals surface area contributed by atoms with Gasteiger partial charge in [-0.1, -0.05) is 68.9 Å². The number of amides is 1. The third-order valence-electron chi connectivity index (χ3n) is 8.01. The van der Waals surface area contributed by atoms with Crippen LogP contribution >= 0.6 is 19.8 Å². The number of aryl methyl sites for hydroxylation is 1. The van der Waals surface area contributed by atoms with Crippen LogP contribution in [0.5, 0.6) is 0 Å². The van der Waals surface area contributed by atoms with Crippen LogP contribution in [0, 0.1) is 11.8 Å². The summed E-state index contributed by atoms with van der Waals surface area (Å²) in [6, 6.07) is 9.25. The molecule has 2 aliphatic rings. The molecule has 0 aromatic heterocycles. The molecule has 196 valence electrons. The Labute approximate surface area is 214 Å². The van der Waals surface area contributed by atoms with Crippen molar-refractivity contribution < 1.29 is 29.0 Å². The molecule has 2 fully saturated rings. The van der Waals surface area contributed by atoms with E-state index in [1.165, 1.54) is 16.9 Å². The number of hydrogen-bond donors (Lipinski definition) is 4. The van der Waals surface area contributed by atoms with Crippen molar-refractivity contribution in [1.82, 2.24) is 4.90 Å². The van der Waals surface area contributed by atoms with E-state index < -0.39 is 36.3 Å². The van der Waals surface area contributed by atoms with Gasteiger partial charge in [0.15, 0.2) is 10.7 Å². The second-order valence-corrected chi connectivity index (χ2v) is 14.6. The average Bonchev–Trinajstić information content (AvgIpc) is 3.31. The van der Waals surface area contributed by atoms with E-state index in [4.69, 9.17) is 0 Å². The summed E-state index contributed by atoms with van der Waals surface area (Å²) in [4.78, 5) is 48.5. The van der Waals surface area contributed by atoms with Crippen LogP contribution in [0.25, 0.3) is 0 Å². The van der Waals surface area contributed by atoms with Gasteiger partial charge in [0.25, 0.3) is 13.6 Å². The van der Waals surface area contributed by atoms with Crippen LogP contribution in [0.1, 0.15) is 76.7 Å². The first-order valence-electron chi connectivity index (χ1n) is 12.9. The molecule has 1 aliphatic heterocycles. The largest absolute Gasteiger partial charge is 0.480 e. The van der Waals surface area contributed by atoms with Crippen molar-refractivity contribution in [2.75, 3.05) is 12.7 Å². The van der Waals surface area contributed by atoms with Crippen LogP contribution in [0.4, 0.5) is 0 Å². The van der Waals surface area contributed by atoms with Crippen LogP contribution in [0.2, 0.25) is 0 Å². The van der Waals surface area contributed by atoms with Gasteiger partial charge in [-0.25, -0.2) is 14.6 Å². The third kappa shape index (κ3) is 7.42. The lowest BCUT2D eigenvalue weighted by Crippen LogP contribution is -2.43. The number of benzene rings is 1. The van der Waals surface area contributed by atoms with E-state index in [0.29, 0.717) is 43.8 Å². The smallest absolute Gasteiger partial charge is 0.326 e. The topological polar surface area (TPSA) is 118 Å². The fourth-order valence-electron chi connectivity index (χ4n) is 5.67. The second kappa shape index (κ2) is 12.9. The number of aliphatic carboxylic acids is 1. The lowest BCUT2D eigenvalue weighted by atomic mass is 9.79. The maximum atomic E-state index is 13.2. The minimum Gasteiger partial charge on any atom is -0.480 e. The van der Waals surface area contributed by atoms with Gasteiger partial charge < -0.3 is 14.6 Å². The molecule has 3 rings (SSSR count). The second-order valence-electron chi connectivity index (χ2n) is 10.5. The number of nitrogens with zero attached hydrogens (tertiary/aromatic N) is 1. The molecule has 1 aliphatic carbocycles. The summed E-state index contributed by atoms with van der Waals surface area (Å²) in [5, 5.41) is 9.75. The minimum absolute atomic E-state index is 0.147. The number of rotatable bonds is 12. The number of carboxylic acids is 1. The SMILES string of the molecule is CC(CCCCCc1ccccc1)(SO)[P+](O)(O)CC(=O)N1CC(C2CCCCC2)CC1C(=O)O. The maximum absolute atomic E-state index is 13.2. The van der Waals surface area contributed by atoms with Crippen molar-refractivity contribution in [1.29, 1.82) is 0 Å².